The number of azo groups is 1. The number of aromatic hydroxyl groups is 1. The van der Waals surface area contributed by atoms with Crippen LogP contribution in [0.25, 0.3) is 0 Å². The van der Waals surface area contributed by atoms with Gasteiger partial charge in [-0.25, -0.2) is 8.42 Å². The highest BCUT2D eigenvalue weighted by Crippen LogP contribution is 2.34. The highest BCUT2D eigenvalue weighted by molar-refractivity contribution is 8.71. The van der Waals surface area contributed by atoms with Crippen molar-refractivity contribution in [3.63, 3.8) is 0 Å². The second-order valence-corrected chi connectivity index (χ2v) is 15.3. The molecule has 4 N–H and O–H groups in total. The summed E-state index contributed by atoms with van der Waals surface area (Å²) in [5, 5.41) is 27.8. The number of phenolic OH excluding ortho intramolecular Hbond substituents is 1. The van der Waals surface area contributed by atoms with Crippen LogP contribution in [-0.2, 0) is 25.0 Å². The molecule has 0 aliphatic heterocycles. The van der Waals surface area contributed by atoms with E-state index in [2.05, 4.69) is 26.2 Å². The number of nitrogens with zero attached hydrogens (tertiary/aromatic N) is 2. The van der Waals surface area contributed by atoms with Crippen LogP contribution in [0, 0.1) is 0 Å². The van der Waals surface area contributed by atoms with Crippen molar-refractivity contribution in [2.24, 2.45) is 10.2 Å². The molecule has 10 nitrogen and oxygen atoms in total. The molecule has 3 aromatic carbocycles. The van der Waals surface area contributed by atoms with Gasteiger partial charge in [0.2, 0.25) is 11.8 Å². The average molecular weight is 626 g/mol. The third kappa shape index (κ3) is 11.5. The van der Waals surface area contributed by atoms with Crippen LogP contribution >= 0.6 is 10.8 Å². The Bertz CT molecular complexity index is 1510. The first-order chi connectivity index (χ1) is 20.3. The van der Waals surface area contributed by atoms with Crippen molar-refractivity contribution in [1.29, 1.82) is 0 Å². The maximum Gasteiger partial charge on any atom is 0.238 e. The Morgan fingerprint density at radius 3 is 1.72 bits per heavy atom. The molecule has 0 saturated heterocycles. The number of anilines is 2. The summed E-state index contributed by atoms with van der Waals surface area (Å²) in [6, 6.07) is 17.8. The summed E-state index contributed by atoms with van der Waals surface area (Å²) in [7, 11) is -2.43. The Hall–Kier alpha value is -3.74. The Morgan fingerprint density at radius 1 is 0.814 bits per heavy atom. The summed E-state index contributed by atoms with van der Waals surface area (Å²) >= 11 is 0. The van der Waals surface area contributed by atoms with Crippen molar-refractivity contribution in [3.8, 4) is 5.75 Å². The van der Waals surface area contributed by atoms with Crippen molar-refractivity contribution in [1.82, 2.24) is 5.32 Å². The molecule has 0 saturated carbocycles. The largest absolute Gasteiger partial charge is 0.507 e. The topological polar surface area (TPSA) is 149 Å². The fourth-order valence-corrected chi connectivity index (χ4v) is 5.83. The van der Waals surface area contributed by atoms with Crippen LogP contribution in [0.2, 0.25) is 0 Å². The monoisotopic (exact) mass is 625 g/mol. The standard InChI is InChI=1S/C31H39N5O5S2/c1-20(2)27-16-22(17-28(21(3)4)31(27)39)18-32-19-30(38)34-24-8-12-26(13-9-24)36-35-25-10-6-23(7-11-25)33-29(37)14-15-42-43(5,40)41/h6-13,16-17,20-21,32,39H,14-15,18-19H2,1-5H3,(H,33,37)(H,34,38). The van der Waals surface area contributed by atoms with E-state index in [9.17, 15) is 23.1 Å². The first-order valence-electron chi connectivity index (χ1n) is 13.9. The van der Waals surface area contributed by atoms with Gasteiger partial charge < -0.3 is 21.1 Å². The number of amides is 2. The quantitative estimate of drug-likeness (QED) is 0.114. The summed E-state index contributed by atoms with van der Waals surface area (Å²) in [5.74, 6) is 0.476. The van der Waals surface area contributed by atoms with Gasteiger partial charge in [-0.15, -0.1) is 0 Å². The van der Waals surface area contributed by atoms with Gasteiger partial charge in [0.05, 0.1) is 17.9 Å². The number of hydrogen-bond donors (Lipinski definition) is 4. The highest BCUT2D eigenvalue weighted by atomic mass is 33.1. The van der Waals surface area contributed by atoms with Crippen LogP contribution < -0.4 is 16.0 Å². The lowest BCUT2D eigenvalue weighted by atomic mass is 9.91. The maximum absolute atomic E-state index is 12.5. The molecule has 0 aliphatic rings. The third-order valence-electron chi connectivity index (χ3n) is 6.30. The van der Waals surface area contributed by atoms with Gasteiger partial charge in [0, 0.05) is 36.3 Å². The predicted molar refractivity (Wildman–Crippen MR) is 174 cm³/mol. The minimum Gasteiger partial charge on any atom is -0.507 e. The highest BCUT2D eigenvalue weighted by Gasteiger charge is 2.15. The van der Waals surface area contributed by atoms with Gasteiger partial charge in [0.1, 0.15) is 5.75 Å². The van der Waals surface area contributed by atoms with Crippen LogP contribution in [0.1, 0.15) is 62.6 Å². The van der Waals surface area contributed by atoms with Crippen LogP contribution in [0.3, 0.4) is 0 Å². The van der Waals surface area contributed by atoms with E-state index >= 15 is 0 Å². The SMILES string of the molecule is CC(C)c1cc(CNCC(=O)Nc2ccc(N=Nc3ccc(NC(=O)CCSS(C)(=O)=O)cc3)cc2)cc(C(C)C)c1O. The minimum atomic E-state index is -3.17. The molecule has 43 heavy (non-hydrogen) atoms. The van der Waals surface area contributed by atoms with Gasteiger partial charge in [0.25, 0.3) is 0 Å². The lowest BCUT2D eigenvalue weighted by molar-refractivity contribution is -0.116. The van der Waals surface area contributed by atoms with Gasteiger partial charge in [-0.05, 0) is 87.9 Å². The van der Waals surface area contributed by atoms with Crippen molar-refractivity contribution in [2.45, 2.75) is 52.5 Å². The second-order valence-electron chi connectivity index (χ2n) is 10.7. The molecular weight excluding hydrogens is 587 g/mol. The van der Waals surface area contributed by atoms with Gasteiger partial charge in [-0.2, -0.15) is 10.2 Å². The molecule has 0 fully saturated rings. The van der Waals surface area contributed by atoms with Crippen molar-refractivity contribution in [2.75, 3.05) is 29.2 Å². The number of benzene rings is 3. The van der Waals surface area contributed by atoms with Gasteiger partial charge in [-0.1, -0.05) is 39.8 Å². The van der Waals surface area contributed by atoms with Gasteiger partial charge >= 0.3 is 0 Å². The maximum atomic E-state index is 12.5. The summed E-state index contributed by atoms with van der Waals surface area (Å²) in [4.78, 5) is 24.5. The van der Waals surface area contributed by atoms with Gasteiger partial charge in [0.15, 0.2) is 8.87 Å². The van der Waals surface area contributed by atoms with E-state index in [0.29, 0.717) is 35.0 Å². The molecule has 2 amide bonds. The number of hydrogen-bond acceptors (Lipinski definition) is 9. The van der Waals surface area contributed by atoms with E-state index in [1.807, 2.05) is 39.8 Å². The lowest BCUT2D eigenvalue weighted by Crippen LogP contribution is -2.27. The minimum absolute atomic E-state index is 0.0877. The van der Waals surface area contributed by atoms with E-state index in [1.54, 1.807) is 48.5 Å². The molecule has 0 radical (unpaired) electrons. The first-order valence-corrected chi connectivity index (χ1v) is 17.3. The molecule has 0 bridgehead atoms. The fraction of sp³-hybridized carbons (Fsp3) is 0.355. The molecule has 12 heteroatoms. The Labute approximate surface area is 257 Å². The summed E-state index contributed by atoms with van der Waals surface area (Å²) in [5.41, 5.74) is 5.24. The second kappa shape index (κ2) is 15.6. The van der Waals surface area contributed by atoms with Crippen LogP contribution in [-0.4, -0.2) is 43.9 Å². The van der Waals surface area contributed by atoms with Crippen LogP contribution in [0.4, 0.5) is 22.7 Å². The van der Waals surface area contributed by atoms with E-state index in [4.69, 9.17) is 0 Å². The number of carbonyl (C=O) groups is 2. The molecule has 0 aliphatic carbocycles. The molecule has 3 aromatic rings. The lowest BCUT2D eigenvalue weighted by Gasteiger charge is -2.18. The zero-order valence-electron chi connectivity index (χ0n) is 25.0. The van der Waals surface area contributed by atoms with E-state index in [0.717, 1.165) is 33.7 Å². The van der Waals surface area contributed by atoms with Crippen molar-refractivity contribution >= 4 is 54.2 Å². The first kappa shape index (κ1) is 33.8. The number of rotatable bonds is 14. The van der Waals surface area contributed by atoms with Crippen molar-refractivity contribution < 1.29 is 23.1 Å². The fourth-order valence-electron chi connectivity index (χ4n) is 4.10. The Morgan fingerprint density at radius 2 is 1.28 bits per heavy atom. The van der Waals surface area contributed by atoms with E-state index < -0.39 is 8.87 Å². The number of phenols is 1. The molecule has 0 atom stereocenters. The molecule has 0 heterocycles. The number of nitrogens with one attached hydrogen (secondary N) is 3. The van der Waals surface area contributed by atoms with E-state index in [-0.39, 0.29) is 42.4 Å². The molecule has 0 aromatic heterocycles. The number of carbonyl (C=O) groups excluding carboxylic acids is 2. The van der Waals surface area contributed by atoms with Crippen LogP contribution in [0.15, 0.2) is 70.9 Å². The third-order valence-corrected chi connectivity index (χ3v) is 8.88. The van der Waals surface area contributed by atoms with E-state index in [1.165, 1.54) is 0 Å². The Kier molecular flexibility index (Phi) is 12.3. The van der Waals surface area contributed by atoms with Gasteiger partial charge in [-0.3, -0.25) is 9.59 Å². The smallest absolute Gasteiger partial charge is 0.238 e. The Balaban J connectivity index is 1.46. The van der Waals surface area contributed by atoms with Crippen LogP contribution in [0.5, 0.6) is 5.75 Å². The summed E-state index contributed by atoms with van der Waals surface area (Å²) in [6.07, 6.45) is 1.20. The molecule has 230 valence electrons. The summed E-state index contributed by atoms with van der Waals surface area (Å²) < 4.78 is 22.3. The zero-order valence-corrected chi connectivity index (χ0v) is 26.7. The molecule has 3 rings (SSSR count). The molecule has 0 unspecified atom stereocenters. The average Bonchev–Trinajstić information content (AvgIpc) is 2.93. The molecular formula is C31H39N5O5S2. The normalized spacial score (nSPS) is 11.8. The summed E-state index contributed by atoms with van der Waals surface area (Å²) in [6.45, 7) is 8.83. The van der Waals surface area contributed by atoms with Crippen molar-refractivity contribution in [3.05, 3.63) is 77.4 Å². The zero-order chi connectivity index (χ0) is 31.6. The molecule has 0 spiro atoms. The predicted octanol–water partition coefficient (Wildman–Crippen LogP) is 6.80.